The summed E-state index contributed by atoms with van der Waals surface area (Å²) in [5, 5.41) is 13.9. The average molecular weight is 432 g/mol. The number of fused-ring (bicyclic) bond motifs is 1. The SMILES string of the molecule is Cc1sc(NC(=O)Cc2cccc(O)c2)nc1-c1ccc2c(ccn2C(=O)C2CC2)c1. The third kappa shape index (κ3) is 3.96. The van der Waals surface area contributed by atoms with E-state index in [2.05, 4.69) is 10.3 Å². The third-order valence-corrected chi connectivity index (χ3v) is 6.33. The van der Waals surface area contributed by atoms with Crippen LogP contribution in [0.4, 0.5) is 5.13 Å². The van der Waals surface area contributed by atoms with Gasteiger partial charge in [0.25, 0.3) is 0 Å². The van der Waals surface area contributed by atoms with Gasteiger partial charge in [0.2, 0.25) is 11.8 Å². The zero-order chi connectivity index (χ0) is 21.5. The van der Waals surface area contributed by atoms with E-state index >= 15 is 0 Å². The van der Waals surface area contributed by atoms with Crippen LogP contribution in [-0.4, -0.2) is 26.5 Å². The number of aromatic nitrogens is 2. The van der Waals surface area contributed by atoms with Crippen LogP contribution >= 0.6 is 11.3 Å². The largest absolute Gasteiger partial charge is 0.508 e. The van der Waals surface area contributed by atoms with Crippen LogP contribution < -0.4 is 5.32 Å². The van der Waals surface area contributed by atoms with Gasteiger partial charge in [-0.05, 0) is 55.7 Å². The monoisotopic (exact) mass is 431 g/mol. The second kappa shape index (κ2) is 7.67. The first-order valence-corrected chi connectivity index (χ1v) is 11.0. The molecule has 2 aromatic carbocycles. The quantitative estimate of drug-likeness (QED) is 0.465. The molecule has 0 unspecified atom stereocenters. The summed E-state index contributed by atoms with van der Waals surface area (Å²) in [6.07, 6.45) is 3.97. The minimum Gasteiger partial charge on any atom is -0.508 e. The highest BCUT2D eigenvalue weighted by Crippen LogP contribution is 2.34. The summed E-state index contributed by atoms with van der Waals surface area (Å²) in [6, 6.07) is 14.6. The molecule has 1 aliphatic rings. The average Bonchev–Trinajstić information content (AvgIpc) is 3.40. The van der Waals surface area contributed by atoms with Crippen molar-refractivity contribution in [3.63, 3.8) is 0 Å². The lowest BCUT2D eigenvalue weighted by Gasteiger charge is -2.04. The zero-order valence-corrected chi connectivity index (χ0v) is 17.8. The number of benzene rings is 2. The number of nitrogens with one attached hydrogen (secondary N) is 1. The molecule has 1 fully saturated rings. The Morgan fingerprint density at radius 3 is 2.81 bits per heavy atom. The van der Waals surface area contributed by atoms with E-state index in [-0.39, 0.29) is 29.9 Å². The molecular formula is C24H21N3O3S. The number of anilines is 1. The van der Waals surface area contributed by atoms with Gasteiger partial charge in [0.15, 0.2) is 5.13 Å². The molecule has 0 aliphatic heterocycles. The Balaban J connectivity index is 1.35. The second-order valence-electron chi connectivity index (χ2n) is 7.89. The maximum Gasteiger partial charge on any atom is 0.234 e. The number of phenolic OH excluding ortho intramolecular Hbond substituents is 1. The van der Waals surface area contributed by atoms with Gasteiger partial charge in [0, 0.05) is 27.9 Å². The minimum absolute atomic E-state index is 0.140. The fraction of sp³-hybridized carbons (Fsp3) is 0.208. The highest BCUT2D eigenvalue weighted by Gasteiger charge is 2.31. The number of carbonyl (C=O) groups is 2. The molecular weight excluding hydrogens is 410 g/mol. The molecule has 4 aromatic rings. The number of phenols is 1. The predicted octanol–water partition coefficient (Wildman–Crippen LogP) is 5.01. The van der Waals surface area contributed by atoms with Crippen LogP contribution in [0, 0.1) is 12.8 Å². The van der Waals surface area contributed by atoms with Crippen LogP contribution in [0.1, 0.15) is 28.1 Å². The van der Waals surface area contributed by atoms with E-state index in [1.54, 1.807) is 28.8 Å². The lowest BCUT2D eigenvalue weighted by atomic mass is 10.1. The molecule has 156 valence electrons. The van der Waals surface area contributed by atoms with Crippen LogP contribution in [0.25, 0.3) is 22.2 Å². The first-order chi connectivity index (χ1) is 15.0. The number of amides is 1. The molecule has 1 saturated carbocycles. The van der Waals surface area contributed by atoms with Crippen molar-refractivity contribution in [3.8, 4) is 17.0 Å². The Morgan fingerprint density at radius 2 is 2.03 bits per heavy atom. The number of hydrogen-bond acceptors (Lipinski definition) is 5. The maximum atomic E-state index is 12.4. The molecule has 7 heteroatoms. The molecule has 31 heavy (non-hydrogen) atoms. The van der Waals surface area contributed by atoms with Crippen molar-refractivity contribution < 1.29 is 14.7 Å². The standard InChI is InChI=1S/C24H21N3O3S/c1-14-22(26-24(31-14)25-21(29)12-15-3-2-4-19(28)11-15)18-7-8-20-17(13-18)9-10-27(20)23(30)16-5-6-16/h2-4,7-11,13,16,28H,5-6,12H2,1H3,(H,25,26,29). The number of rotatable bonds is 5. The molecule has 0 spiro atoms. The van der Waals surface area contributed by atoms with Crippen molar-refractivity contribution in [2.75, 3.05) is 5.32 Å². The summed E-state index contributed by atoms with van der Waals surface area (Å²) in [4.78, 5) is 30.5. The first-order valence-electron chi connectivity index (χ1n) is 10.2. The fourth-order valence-corrected chi connectivity index (χ4v) is 4.59. The summed E-state index contributed by atoms with van der Waals surface area (Å²) < 4.78 is 1.75. The predicted molar refractivity (Wildman–Crippen MR) is 122 cm³/mol. The highest BCUT2D eigenvalue weighted by molar-refractivity contribution is 7.16. The number of aryl methyl sites for hydroxylation is 1. The van der Waals surface area contributed by atoms with Gasteiger partial charge in [-0.15, -0.1) is 11.3 Å². The topological polar surface area (TPSA) is 84.2 Å². The van der Waals surface area contributed by atoms with Gasteiger partial charge in [-0.25, -0.2) is 4.98 Å². The van der Waals surface area contributed by atoms with Crippen LogP contribution in [0.3, 0.4) is 0 Å². The lowest BCUT2D eigenvalue weighted by Crippen LogP contribution is -2.14. The van der Waals surface area contributed by atoms with E-state index in [0.717, 1.165) is 45.4 Å². The smallest absolute Gasteiger partial charge is 0.234 e. The Hall–Kier alpha value is -3.45. The van der Waals surface area contributed by atoms with Crippen molar-refractivity contribution in [2.45, 2.75) is 26.2 Å². The number of carbonyl (C=O) groups excluding carboxylic acids is 2. The van der Waals surface area contributed by atoms with Gasteiger partial charge in [-0.3, -0.25) is 14.2 Å². The number of hydrogen-bond donors (Lipinski definition) is 2. The molecule has 2 aromatic heterocycles. The van der Waals surface area contributed by atoms with Gasteiger partial charge in [0.1, 0.15) is 5.75 Å². The van der Waals surface area contributed by atoms with Gasteiger partial charge < -0.3 is 10.4 Å². The number of nitrogens with zero attached hydrogens (tertiary/aromatic N) is 2. The third-order valence-electron chi connectivity index (χ3n) is 5.45. The van der Waals surface area contributed by atoms with Gasteiger partial charge >= 0.3 is 0 Å². The summed E-state index contributed by atoms with van der Waals surface area (Å²) in [5.41, 5.74) is 3.42. The molecule has 6 nitrogen and oxygen atoms in total. The Kier molecular flexibility index (Phi) is 4.82. The van der Waals surface area contributed by atoms with Gasteiger partial charge in [-0.1, -0.05) is 18.2 Å². The van der Waals surface area contributed by atoms with Crippen LogP contribution in [-0.2, 0) is 11.2 Å². The molecule has 2 heterocycles. The fourth-order valence-electron chi connectivity index (χ4n) is 3.74. The van der Waals surface area contributed by atoms with Crippen molar-refractivity contribution in [1.82, 2.24) is 9.55 Å². The number of aromatic hydroxyl groups is 1. The highest BCUT2D eigenvalue weighted by atomic mass is 32.1. The summed E-state index contributed by atoms with van der Waals surface area (Å²) >= 11 is 1.43. The van der Waals surface area contributed by atoms with E-state index in [1.807, 2.05) is 37.4 Å². The Labute approximate surface area is 183 Å². The number of thiazole rings is 1. The van der Waals surface area contributed by atoms with Crippen LogP contribution in [0.2, 0.25) is 0 Å². The van der Waals surface area contributed by atoms with E-state index in [4.69, 9.17) is 0 Å². The van der Waals surface area contributed by atoms with Crippen molar-refractivity contribution in [1.29, 1.82) is 0 Å². The normalized spacial score (nSPS) is 13.5. The molecule has 2 N–H and O–H groups in total. The second-order valence-corrected chi connectivity index (χ2v) is 9.09. The van der Waals surface area contributed by atoms with Crippen LogP contribution in [0.5, 0.6) is 5.75 Å². The zero-order valence-electron chi connectivity index (χ0n) is 17.0. The van der Waals surface area contributed by atoms with E-state index in [9.17, 15) is 14.7 Å². The van der Waals surface area contributed by atoms with Crippen LogP contribution in [0.15, 0.2) is 54.7 Å². The first kappa shape index (κ1) is 19.5. The Morgan fingerprint density at radius 1 is 1.19 bits per heavy atom. The van der Waals surface area contributed by atoms with Crippen molar-refractivity contribution in [3.05, 3.63) is 65.2 Å². The maximum absolute atomic E-state index is 12.4. The van der Waals surface area contributed by atoms with E-state index < -0.39 is 0 Å². The molecule has 0 radical (unpaired) electrons. The summed E-state index contributed by atoms with van der Waals surface area (Å²) in [6.45, 7) is 1.98. The molecule has 1 amide bonds. The molecule has 0 bridgehead atoms. The Bertz CT molecular complexity index is 1320. The van der Waals surface area contributed by atoms with Gasteiger partial charge in [0.05, 0.1) is 17.6 Å². The molecule has 0 saturated heterocycles. The molecule has 5 rings (SSSR count). The molecule has 1 aliphatic carbocycles. The summed E-state index contributed by atoms with van der Waals surface area (Å²) in [5.74, 6) is 0.296. The van der Waals surface area contributed by atoms with E-state index in [1.165, 1.54) is 11.3 Å². The van der Waals surface area contributed by atoms with Crippen molar-refractivity contribution in [2.24, 2.45) is 5.92 Å². The minimum atomic E-state index is -0.183. The molecule has 0 atom stereocenters. The van der Waals surface area contributed by atoms with E-state index in [0.29, 0.717) is 5.13 Å². The van der Waals surface area contributed by atoms with Crippen molar-refractivity contribution >= 4 is 39.2 Å². The lowest BCUT2D eigenvalue weighted by molar-refractivity contribution is -0.115. The summed E-state index contributed by atoms with van der Waals surface area (Å²) in [7, 11) is 0. The van der Waals surface area contributed by atoms with Gasteiger partial charge in [-0.2, -0.15) is 0 Å².